The van der Waals surface area contributed by atoms with E-state index in [2.05, 4.69) is 0 Å². The molecule has 0 fully saturated rings. The van der Waals surface area contributed by atoms with Crippen LogP contribution in [0, 0.1) is 6.92 Å². The Kier molecular flexibility index (Phi) is 3.71. The number of nitrogens with one attached hydrogen (secondary N) is 1. The Hall–Kier alpha value is -2.24. The van der Waals surface area contributed by atoms with E-state index in [4.69, 9.17) is 10.5 Å². The van der Waals surface area contributed by atoms with Crippen LogP contribution in [0.25, 0.3) is 0 Å². The highest BCUT2D eigenvalue weighted by molar-refractivity contribution is 5.94. The first-order chi connectivity index (χ1) is 7.50. The van der Waals surface area contributed by atoms with Gasteiger partial charge in [-0.25, -0.2) is 4.79 Å². The summed E-state index contributed by atoms with van der Waals surface area (Å²) in [6.07, 6.45) is 0. The van der Waals surface area contributed by atoms with Crippen molar-refractivity contribution in [2.75, 3.05) is 6.61 Å². The third-order valence-corrected chi connectivity index (χ3v) is 1.88. The second-order valence-corrected chi connectivity index (χ2v) is 3.10. The van der Waals surface area contributed by atoms with Crippen LogP contribution in [0.15, 0.2) is 18.2 Å². The number of hydrogen-bond acceptors (Lipinski definition) is 4. The van der Waals surface area contributed by atoms with Gasteiger partial charge in [0.1, 0.15) is 11.5 Å². The molecule has 6 heteroatoms. The lowest BCUT2D eigenvalue weighted by Gasteiger charge is -2.09. The highest BCUT2D eigenvalue weighted by Gasteiger charge is 2.08. The fraction of sp³-hybridized carbons (Fsp3) is 0.200. The highest BCUT2D eigenvalue weighted by atomic mass is 16.5. The summed E-state index contributed by atoms with van der Waals surface area (Å²) in [4.78, 5) is 21.4. The van der Waals surface area contributed by atoms with Crippen molar-refractivity contribution in [3.8, 4) is 11.5 Å². The number of phenols is 1. The predicted molar refractivity (Wildman–Crippen MR) is 56.1 cm³/mol. The first kappa shape index (κ1) is 11.8. The van der Waals surface area contributed by atoms with Gasteiger partial charge >= 0.3 is 6.03 Å². The molecule has 86 valence electrons. The number of nitrogens with two attached hydrogens (primary N) is 1. The lowest BCUT2D eigenvalue weighted by Crippen LogP contribution is -2.38. The molecule has 1 aromatic rings. The van der Waals surface area contributed by atoms with Gasteiger partial charge in [-0.05, 0) is 19.1 Å². The number of urea groups is 1. The molecule has 0 spiro atoms. The molecule has 0 aliphatic heterocycles. The topological polar surface area (TPSA) is 102 Å². The van der Waals surface area contributed by atoms with Gasteiger partial charge in [0.15, 0.2) is 6.61 Å². The lowest BCUT2D eigenvalue weighted by molar-refractivity contribution is -0.121. The normalized spacial score (nSPS) is 9.56. The van der Waals surface area contributed by atoms with E-state index >= 15 is 0 Å². The van der Waals surface area contributed by atoms with Gasteiger partial charge in [-0.1, -0.05) is 6.07 Å². The summed E-state index contributed by atoms with van der Waals surface area (Å²) in [5, 5.41) is 11.2. The molecule has 0 heterocycles. The van der Waals surface area contributed by atoms with Gasteiger partial charge in [-0.15, -0.1) is 0 Å². The van der Waals surface area contributed by atoms with Crippen LogP contribution in [0.5, 0.6) is 11.5 Å². The maximum atomic E-state index is 11.0. The van der Waals surface area contributed by atoms with Crippen LogP contribution in [0.1, 0.15) is 5.56 Å². The maximum Gasteiger partial charge on any atom is 0.318 e. The molecule has 16 heavy (non-hydrogen) atoms. The van der Waals surface area contributed by atoms with E-state index in [-0.39, 0.29) is 12.4 Å². The number of carbonyl (C=O) groups excluding carboxylic acids is 2. The van der Waals surface area contributed by atoms with Crippen LogP contribution < -0.4 is 15.8 Å². The summed E-state index contributed by atoms with van der Waals surface area (Å²) >= 11 is 0. The van der Waals surface area contributed by atoms with Crippen molar-refractivity contribution in [2.45, 2.75) is 6.92 Å². The van der Waals surface area contributed by atoms with Crippen molar-refractivity contribution < 1.29 is 19.4 Å². The Bertz CT molecular complexity index is 417. The quantitative estimate of drug-likeness (QED) is 0.686. The molecule has 0 unspecified atom stereocenters. The third kappa shape index (κ3) is 3.16. The van der Waals surface area contributed by atoms with Gasteiger partial charge in [-0.3, -0.25) is 10.1 Å². The zero-order chi connectivity index (χ0) is 12.1. The Morgan fingerprint density at radius 2 is 2.19 bits per heavy atom. The fourth-order valence-corrected chi connectivity index (χ4v) is 1.08. The van der Waals surface area contributed by atoms with E-state index in [9.17, 15) is 14.7 Å². The van der Waals surface area contributed by atoms with Crippen molar-refractivity contribution in [1.82, 2.24) is 5.32 Å². The van der Waals surface area contributed by atoms with Gasteiger partial charge in [0.05, 0.1) is 0 Å². The minimum Gasteiger partial charge on any atom is -0.508 e. The van der Waals surface area contributed by atoms with Crippen LogP contribution >= 0.6 is 0 Å². The summed E-state index contributed by atoms with van der Waals surface area (Å²) in [5.74, 6) is -0.192. The molecule has 0 radical (unpaired) electrons. The monoisotopic (exact) mass is 224 g/mol. The number of ether oxygens (including phenoxy) is 1. The molecule has 6 nitrogen and oxygen atoms in total. The number of amides is 3. The number of phenolic OH excluding ortho intramolecular Hbond substituents is 1. The number of benzene rings is 1. The molecule has 3 amide bonds. The summed E-state index contributed by atoms with van der Waals surface area (Å²) in [5.41, 5.74) is 5.27. The third-order valence-electron chi connectivity index (χ3n) is 1.88. The average molecular weight is 224 g/mol. The van der Waals surface area contributed by atoms with Gasteiger partial charge in [0.2, 0.25) is 0 Å². The molecule has 0 saturated carbocycles. The Labute approximate surface area is 92.0 Å². The molecule has 4 N–H and O–H groups in total. The first-order valence-corrected chi connectivity index (χ1v) is 4.51. The van der Waals surface area contributed by atoms with Crippen molar-refractivity contribution in [3.05, 3.63) is 23.8 Å². The largest absolute Gasteiger partial charge is 0.508 e. The van der Waals surface area contributed by atoms with Gasteiger partial charge < -0.3 is 15.6 Å². The number of rotatable bonds is 3. The lowest BCUT2D eigenvalue weighted by atomic mass is 10.2. The summed E-state index contributed by atoms with van der Waals surface area (Å²) in [6.45, 7) is 1.31. The van der Waals surface area contributed by atoms with E-state index in [0.717, 1.165) is 0 Å². The van der Waals surface area contributed by atoms with Gasteiger partial charge in [0.25, 0.3) is 5.91 Å². The first-order valence-electron chi connectivity index (χ1n) is 4.51. The molecule has 0 aliphatic rings. The van der Waals surface area contributed by atoms with Crippen molar-refractivity contribution in [1.29, 1.82) is 0 Å². The highest BCUT2D eigenvalue weighted by Crippen LogP contribution is 2.25. The van der Waals surface area contributed by atoms with Crippen molar-refractivity contribution in [3.63, 3.8) is 0 Å². The van der Waals surface area contributed by atoms with Gasteiger partial charge in [-0.2, -0.15) is 0 Å². The van der Waals surface area contributed by atoms with Crippen molar-refractivity contribution >= 4 is 11.9 Å². The fourth-order valence-electron chi connectivity index (χ4n) is 1.08. The second kappa shape index (κ2) is 5.01. The van der Waals surface area contributed by atoms with Crippen LogP contribution in [-0.2, 0) is 4.79 Å². The maximum absolute atomic E-state index is 11.0. The second-order valence-electron chi connectivity index (χ2n) is 3.10. The van der Waals surface area contributed by atoms with Crippen LogP contribution in [0.3, 0.4) is 0 Å². The predicted octanol–water partition coefficient (Wildman–Crippen LogP) is 0.274. The number of hydrogen-bond donors (Lipinski definition) is 3. The van der Waals surface area contributed by atoms with E-state index < -0.39 is 11.9 Å². The summed E-state index contributed by atoms with van der Waals surface area (Å²) < 4.78 is 5.10. The number of primary amides is 1. The summed E-state index contributed by atoms with van der Waals surface area (Å²) in [7, 11) is 0. The Balaban J connectivity index is 2.58. The van der Waals surface area contributed by atoms with Crippen LogP contribution in [0.2, 0.25) is 0 Å². The standard InChI is InChI=1S/C10H12N2O4/c1-6-7(13)3-2-4-8(6)16-5-9(14)12-10(11)15/h2-4,13H,5H2,1H3,(H3,11,12,14,15). The van der Waals surface area contributed by atoms with Crippen LogP contribution in [0.4, 0.5) is 4.79 Å². The molecular weight excluding hydrogens is 212 g/mol. The molecule has 1 aromatic carbocycles. The average Bonchev–Trinajstić information content (AvgIpc) is 2.19. The Morgan fingerprint density at radius 1 is 1.50 bits per heavy atom. The molecule has 0 aromatic heterocycles. The molecule has 0 atom stereocenters. The minimum atomic E-state index is -0.929. The number of imide groups is 1. The van der Waals surface area contributed by atoms with Crippen LogP contribution in [-0.4, -0.2) is 23.7 Å². The molecule has 0 aliphatic carbocycles. The zero-order valence-corrected chi connectivity index (χ0v) is 8.69. The molecule has 0 bridgehead atoms. The smallest absolute Gasteiger partial charge is 0.318 e. The van der Waals surface area contributed by atoms with Crippen molar-refractivity contribution in [2.24, 2.45) is 5.73 Å². The molecule has 1 rings (SSSR count). The molecule has 0 saturated heterocycles. The van der Waals surface area contributed by atoms with E-state index in [1.807, 2.05) is 5.32 Å². The summed E-state index contributed by atoms with van der Waals surface area (Å²) in [6, 6.07) is 3.77. The SMILES string of the molecule is Cc1c(O)cccc1OCC(=O)NC(N)=O. The number of aromatic hydroxyl groups is 1. The number of carbonyl (C=O) groups is 2. The minimum absolute atomic E-state index is 0.0767. The zero-order valence-electron chi connectivity index (χ0n) is 8.69. The Morgan fingerprint density at radius 3 is 2.81 bits per heavy atom. The van der Waals surface area contributed by atoms with E-state index in [0.29, 0.717) is 11.3 Å². The molecular formula is C10H12N2O4. The van der Waals surface area contributed by atoms with E-state index in [1.165, 1.54) is 6.07 Å². The van der Waals surface area contributed by atoms with E-state index in [1.54, 1.807) is 19.1 Å². The van der Waals surface area contributed by atoms with Gasteiger partial charge in [0, 0.05) is 5.56 Å².